The highest BCUT2D eigenvalue weighted by atomic mass is 32.1. The summed E-state index contributed by atoms with van der Waals surface area (Å²) in [4.78, 5) is 3.64. The molecule has 212 valence electrons. The van der Waals surface area contributed by atoms with Crippen LogP contribution in [0.2, 0.25) is 0 Å². The van der Waals surface area contributed by atoms with E-state index in [1.165, 1.54) is 75.8 Å². The molecule has 46 heavy (non-hydrogen) atoms. The Balaban J connectivity index is 1.41. The van der Waals surface area contributed by atoms with E-state index in [1.54, 1.807) is 0 Å². The molecule has 1 spiro atoms. The quantitative estimate of drug-likeness (QED) is 0.165. The van der Waals surface area contributed by atoms with Gasteiger partial charge in [0.15, 0.2) is 5.69 Å². The molecule has 1 unspecified atom stereocenters. The highest BCUT2D eigenvalue weighted by molar-refractivity contribution is 7.26. The fourth-order valence-electron chi connectivity index (χ4n) is 8.26. The molecule has 8 aromatic rings. The van der Waals surface area contributed by atoms with Crippen LogP contribution in [0.5, 0.6) is 0 Å². The van der Waals surface area contributed by atoms with Crippen molar-refractivity contribution < 1.29 is 0 Å². The molecule has 10 rings (SSSR count). The third-order valence-corrected chi connectivity index (χ3v) is 11.3. The summed E-state index contributed by atoms with van der Waals surface area (Å²) in [5.74, 6) is 0. The average molecular weight is 600 g/mol. The van der Waals surface area contributed by atoms with Crippen molar-refractivity contribution in [1.82, 2.24) is 0 Å². The highest BCUT2D eigenvalue weighted by Crippen LogP contribution is 2.63. The number of nitrogens with zero attached hydrogens (tertiary/aromatic N) is 1. The molecule has 2 heteroatoms. The zero-order valence-electron chi connectivity index (χ0n) is 24.8. The number of hydrogen-bond acceptors (Lipinski definition) is 1. The van der Waals surface area contributed by atoms with Gasteiger partial charge in [-0.3, -0.25) is 0 Å². The molecule has 1 aromatic heterocycles. The minimum Gasteiger partial charge on any atom is -0.238 e. The molecule has 1 heterocycles. The number of hydrogen-bond donors (Lipinski definition) is 0. The van der Waals surface area contributed by atoms with Crippen LogP contribution in [-0.4, -0.2) is 0 Å². The van der Waals surface area contributed by atoms with Gasteiger partial charge in [-0.1, -0.05) is 140 Å². The Hall–Kier alpha value is -5.75. The zero-order valence-corrected chi connectivity index (χ0v) is 25.6. The summed E-state index contributed by atoms with van der Waals surface area (Å²) < 4.78 is 2.68. The van der Waals surface area contributed by atoms with Crippen molar-refractivity contribution >= 4 is 37.2 Å². The molecule has 7 aromatic carbocycles. The molecule has 2 aliphatic rings. The molecule has 0 N–H and O–H groups in total. The van der Waals surface area contributed by atoms with E-state index in [0.717, 1.165) is 11.1 Å². The molecule has 0 radical (unpaired) electrons. The van der Waals surface area contributed by atoms with Crippen molar-refractivity contribution in [2.45, 2.75) is 5.41 Å². The first kappa shape index (κ1) is 25.6. The largest absolute Gasteiger partial charge is 0.238 e. The lowest BCUT2D eigenvalue weighted by Gasteiger charge is -2.35. The summed E-state index contributed by atoms with van der Waals surface area (Å²) in [7, 11) is 0. The topological polar surface area (TPSA) is 4.36 Å². The molecular weight excluding hydrogens is 575 g/mol. The summed E-state index contributed by atoms with van der Waals surface area (Å²) in [6.07, 6.45) is 0. The molecule has 0 amide bonds. The Morgan fingerprint density at radius 3 is 1.83 bits per heavy atom. The van der Waals surface area contributed by atoms with Crippen LogP contribution in [0.25, 0.3) is 69.5 Å². The van der Waals surface area contributed by atoms with Crippen molar-refractivity contribution in [3.63, 3.8) is 0 Å². The minimum atomic E-state index is -0.534. The summed E-state index contributed by atoms with van der Waals surface area (Å²) in [5.41, 5.74) is 15.4. The summed E-state index contributed by atoms with van der Waals surface area (Å²) >= 11 is 1.91. The van der Waals surface area contributed by atoms with Crippen LogP contribution in [0.1, 0.15) is 22.3 Å². The van der Waals surface area contributed by atoms with E-state index in [1.807, 2.05) is 23.5 Å². The van der Waals surface area contributed by atoms with E-state index in [4.69, 9.17) is 6.57 Å². The lowest BCUT2D eigenvalue weighted by molar-refractivity contribution is 0.776. The summed E-state index contributed by atoms with van der Waals surface area (Å²) in [6, 6.07) is 55.7. The van der Waals surface area contributed by atoms with Crippen LogP contribution in [0, 0.1) is 6.57 Å². The van der Waals surface area contributed by atoms with Gasteiger partial charge in [0.05, 0.1) is 12.0 Å². The molecule has 1 nitrogen and oxygen atoms in total. The highest BCUT2D eigenvalue weighted by Gasteiger charge is 2.50. The maximum atomic E-state index is 7.47. The molecule has 0 bridgehead atoms. The van der Waals surface area contributed by atoms with Crippen molar-refractivity contribution in [2.75, 3.05) is 0 Å². The van der Waals surface area contributed by atoms with Crippen LogP contribution in [0.15, 0.2) is 152 Å². The van der Waals surface area contributed by atoms with Gasteiger partial charge < -0.3 is 0 Å². The lowest BCUT2D eigenvalue weighted by atomic mass is 9.65. The van der Waals surface area contributed by atoms with Gasteiger partial charge in [0.25, 0.3) is 0 Å². The normalized spacial score (nSPS) is 15.5. The van der Waals surface area contributed by atoms with Gasteiger partial charge in [0.1, 0.15) is 0 Å². The average Bonchev–Trinajstić information content (AvgIpc) is 3.62. The fraction of sp³-hybridized carbons (Fsp3) is 0.0227. The first-order valence-electron chi connectivity index (χ1n) is 15.6. The SMILES string of the molecule is [C-]#[N+]c1ccc(-c2ccc3c(c2)C2(c4ccccc4-c4ccccc4-3)c3ccccc3-c3c2ccc2c3sc3ccccc32)cc1. The Morgan fingerprint density at radius 2 is 1.07 bits per heavy atom. The first-order chi connectivity index (χ1) is 22.8. The number of thiophene rings is 1. The maximum absolute atomic E-state index is 7.47. The zero-order chi connectivity index (χ0) is 30.4. The van der Waals surface area contributed by atoms with Gasteiger partial charge in [0, 0.05) is 25.7 Å². The predicted molar refractivity (Wildman–Crippen MR) is 193 cm³/mol. The summed E-state index contributed by atoms with van der Waals surface area (Å²) in [6.45, 7) is 7.47. The number of rotatable bonds is 1. The van der Waals surface area contributed by atoms with Crippen molar-refractivity contribution in [1.29, 1.82) is 0 Å². The van der Waals surface area contributed by atoms with Gasteiger partial charge >= 0.3 is 0 Å². The lowest BCUT2D eigenvalue weighted by Crippen LogP contribution is -2.29. The molecular formula is C44H25NS. The first-order valence-corrected chi connectivity index (χ1v) is 16.5. The van der Waals surface area contributed by atoms with Crippen LogP contribution in [-0.2, 0) is 5.41 Å². The van der Waals surface area contributed by atoms with Crippen LogP contribution in [0.3, 0.4) is 0 Å². The van der Waals surface area contributed by atoms with Gasteiger partial charge in [-0.2, -0.15) is 0 Å². The van der Waals surface area contributed by atoms with Gasteiger partial charge in [-0.25, -0.2) is 4.85 Å². The Kier molecular flexibility index (Phi) is 5.21. The molecule has 1 atom stereocenters. The Bertz CT molecular complexity index is 2600. The second kappa shape index (κ2) is 9.38. The monoisotopic (exact) mass is 599 g/mol. The van der Waals surface area contributed by atoms with Crippen LogP contribution < -0.4 is 0 Å². The third-order valence-electron chi connectivity index (χ3n) is 10.1. The van der Waals surface area contributed by atoms with E-state index in [0.29, 0.717) is 5.69 Å². The Labute approximate surface area is 271 Å². The van der Waals surface area contributed by atoms with Crippen molar-refractivity contribution in [2.24, 2.45) is 0 Å². The second-order valence-corrected chi connectivity index (χ2v) is 13.3. The van der Waals surface area contributed by atoms with E-state index >= 15 is 0 Å². The second-order valence-electron chi connectivity index (χ2n) is 12.3. The van der Waals surface area contributed by atoms with Gasteiger partial charge in [-0.05, 0) is 73.3 Å². The third kappa shape index (κ3) is 3.23. The maximum Gasteiger partial charge on any atom is 0.187 e. The van der Waals surface area contributed by atoms with E-state index in [2.05, 4.69) is 144 Å². The Morgan fingerprint density at radius 1 is 0.457 bits per heavy atom. The van der Waals surface area contributed by atoms with E-state index in [-0.39, 0.29) is 0 Å². The van der Waals surface area contributed by atoms with E-state index in [9.17, 15) is 0 Å². The number of benzene rings is 7. The fourth-order valence-corrected chi connectivity index (χ4v) is 9.53. The molecule has 0 saturated heterocycles. The molecule has 0 aliphatic heterocycles. The van der Waals surface area contributed by atoms with Crippen molar-refractivity contribution in [3.8, 4) is 44.5 Å². The smallest absolute Gasteiger partial charge is 0.187 e. The summed E-state index contributed by atoms with van der Waals surface area (Å²) in [5, 5.41) is 2.65. The molecule has 0 fully saturated rings. The number of fused-ring (bicyclic) bond motifs is 16. The van der Waals surface area contributed by atoms with Crippen molar-refractivity contribution in [3.05, 3.63) is 185 Å². The van der Waals surface area contributed by atoms with Crippen LogP contribution >= 0.6 is 11.3 Å². The minimum absolute atomic E-state index is 0.534. The van der Waals surface area contributed by atoms with Gasteiger partial charge in [-0.15, -0.1) is 11.3 Å². The van der Waals surface area contributed by atoms with Gasteiger partial charge in [0.2, 0.25) is 0 Å². The molecule has 0 saturated carbocycles. The predicted octanol–water partition coefficient (Wildman–Crippen LogP) is 12.3. The van der Waals surface area contributed by atoms with E-state index < -0.39 is 5.41 Å². The van der Waals surface area contributed by atoms with Crippen LogP contribution in [0.4, 0.5) is 5.69 Å². The molecule has 2 aliphatic carbocycles. The standard InChI is InChI=1S/C44H25NS/c1-45-29-21-18-27(19-22-29)28-20-23-33-31-11-3-2-10-30(31)32-12-4-7-15-37(32)44(40(33)26-28)38-16-8-5-14-36(38)42-39(44)25-24-35-34-13-6-9-17-41(34)46-43(35)42/h2-26H.